The van der Waals surface area contributed by atoms with Gasteiger partial charge in [0.2, 0.25) is 0 Å². The molecule has 0 saturated heterocycles. The Labute approximate surface area is 800 Å². The quantitative estimate of drug-likeness (QED) is 0.163. The first kappa shape index (κ1) is 77.8. The van der Waals surface area contributed by atoms with Gasteiger partial charge in [-0.05, 0) is 247 Å². The van der Waals surface area contributed by atoms with Crippen LogP contribution in [0.4, 0.5) is 0 Å². The molecule has 0 atom stereocenters. The van der Waals surface area contributed by atoms with Gasteiger partial charge in [0.1, 0.15) is 11.2 Å². The van der Waals surface area contributed by atoms with Crippen molar-refractivity contribution in [1.29, 1.82) is 0 Å². The maximum atomic E-state index is 6.25. The molecule has 7 heteroatoms. The molecule has 16 bridgehead atoms. The molecule has 7 nitrogen and oxygen atoms in total. The maximum absolute atomic E-state index is 6.25. The molecular formula is C133H76N6O. The van der Waals surface area contributed by atoms with Crippen molar-refractivity contribution in [1.82, 2.24) is 29.9 Å². The van der Waals surface area contributed by atoms with Crippen LogP contribution in [-0.4, -0.2) is 29.9 Å². The van der Waals surface area contributed by atoms with Crippen LogP contribution in [0.3, 0.4) is 0 Å². The molecule has 140 heavy (non-hydrogen) atoms. The lowest BCUT2D eigenvalue weighted by molar-refractivity contribution is 0.669. The van der Waals surface area contributed by atoms with E-state index in [9.17, 15) is 0 Å². The van der Waals surface area contributed by atoms with Crippen molar-refractivity contribution >= 4 is 239 Å². The molecule has 0 N–H and O–H groups in total. The Kier molecular flexibility index (Phi) is 16.8. The van der Waals surface area contributed by atoms with Gasteiger partial charge in [-0.1, -0.05) is 388 Å². The topological polar surface area (TPSA) is 90.5 Å². The number of aromatic nitrogens is 6. The van der Waals surface area contributed by atoms with Crippen molar-refractivity contribution in [2.75, 3.05) is 0 Å². The van der Waals surface area contributed by atoms with E-state index in [0.717, 1.165) is 148 Å². The van der Waals surface area contributed by atoms with Crippen molar-refractivity contribution in [3.8, 4) is 44.8 Å². The molecule has 644 valence electrons. The summed E-state index contributed by atoms with van der Waals surface area (Å²) in [4.78, 5) is 32.4. The zero-order chi connectivity index (χ0) is 91.5. The molecule has 24 aromatic carbocycles. The van der Waals surface area contributed by atoms with E-state index in [2.05, 4.69) is 431 Å². The summed E-state index contributed by atoms with van der Waals surface area (Å²) in [6, 6.07) is 167. The van der Waals surface area contributed by atoms with E-state index in [1.807, 2.05) is 30.3 Å². The van der Waals surface area contributed by atoms with Crippen LogP contribution < -0.4 is 0 Å². The Morgan fingerprint density at radius 2 is 0.579 bits per heavy atom. The predicted octanol–water partition coefficient (Wildman–Crippen LogP) is 35.2. The van der Waals surface area contributed by atoms with Crippen molar-refractivity contribution in [2.24, 2.45) is 0 Å². The highest BCUT2D eigenvalue weighted by Gasteiger charge is 2.50. The lowest BCUT2D eigenvalue weighted by Gasteiger charge is -2.30. The van der Waals surface area contributed by atoms with Crippen LogP contribution in [-0.2, 0) is 5.41 Å². The molecule has 32 rings (SSSR count). The molecule has 0 fully saturated rings. The fourth-order valence-electron chi connectivity index (χ4n) is 24.1. The summed E-state index contributed by atoms with van der Waals surface area (Å²) in [5.74, 6) is 0. The average Bonchev–Trinajstić information content (AvgIpc) is 1.50. The zero-order valence-corrected chi connectivity index (χ0v) is 75.5. The highest BCUT2D eigenvalue weighted by molar-refractivity contribution is 6.35. The Balaban J connectivity index is 0.0000000987. The number of benzene rings is 23. The first-order valence-corrected chi connectivity index (χ1v) is 48.0. The molecule has 1 spiro atoms. The third-order valence-electron chi connectivity index (χ3n) is 30.2. The van der Waals surface area contributed by atoms with Gasteiger partial charge < -0.3 is 4.42 Å². The monoisotopic (exact) mass is 1770 g/mol. The third kappa shape index (κ3) is 11.5. The minimum Gasteiger partial charge on any atom is -0.456 e. The lowest BCUT2D eigenvalue weighted by Crippen LogP contribution is -2.26. The minimum absolute atomic E-state index is 0.436. The zero-order valence-electron chi connectivity index (χ0n) is 75.5. The van der Waals surface area contributed by atoms with Gasteiger partial charge in [-0.25, -0.2) is 29.9 Å². The molecule has 2 aliphatic rings. The summed E-state index contributed by atoms with van der Waals surface area (Å²) in [7, 11) is 0. The molecular weight excluding hydrogens is 1700 g/mol. The Morgan fingerprint density at radius 3 is 1.25 bits per heavy atom. The number of hydrogen-bond acceptors (Lipinski definition) is 7. The van der Waals surface area contributed by atoms with Crippen LogP contribution in [0.2, 0.25) is 0 Å². The van der Waals surface area contributed by atoms with E-state index >= 15 is 0 Å². The van der Waals surface area contributed by atoms with E-state index in [0.29, 0.717) is 0 Å². The molecule has 0 saturated carbocycles. The number of fused-ring (bicyclic) bond motifs is 47. The van der Waals surface area contributed by atoms with E-state index in [-0.39, 0.29) is 0 Å². The van der Waals surface area contributed by atoms with E-state index < -0.39 is 5.41 Å². The van der Waals surface area contributed by atoms with Gasteiger partial charge in [0, 0.05) is 65.0 Å². The summed E-state index contributed by atoms with van der Waals surface area (Å²) in [6.07, 6.45) is 0. The van der Waals surface area contributed by atoms with Gasteiger partial charge in [0.25, 0.3) is 0 Å². The first-order chi connectivity index (χ1) is 69.4. The van der Waals surface area contributed by atoms with Crippen LogP contribution in [0.15, 0.2) is 465 Å². The fourth-order valence-corrected chi connectivity index (χ4v) is 24.1. The average molecular weight is 1770 g/mol. The molecule has 6 heterocycles. The first-order valence-electron chi connectivity index (χ1n) is 48.0. The number of hydrogen-bond donors (Lipinski definition) is 0. The Morgan fingerprint density at radius 1 is 0.157 bits per heavy atom. The standard InChI is InChI=1S/C45H26N2.C44H24N2O.C44H26N2/c1-4-18-37-32(14-1)33-15-2-5-19-38(33)45(37)39-23-22-30-26-36(39)42-35(17-9-20-40(42)45)44-46-41-21-6-3-16-34(41)43(47-44)31-13-8-12-29(25-31)27-10-7-11-28(30)24-27;1-4-12-33-27(9-1)25-19-21-31-29-10-2-3-11-30(29)32-15-7-16-36(41(32)37(31)23-25)44-45-38-24-26(20-22-34(38)43(33)46-44)28-14-8-18-40-42(28)35-13-5-6-17-39(35)47-40;1-3-12-27(13-4-1)42-43(28-14-5-2-6-15-28)46-44-39-25-30(26-40(44)45-42)32-20-11-21-37-35-19-10-9-18-34(35)36-23-22-29(24-38(36)41(32)37)31-16-7-8-17-33(31)39/h1-26H;1-24H;1-26H. The van der Waals surface area contributed by atoms with Crippen LogP contribution in [0.1, 0.15) is 22.3 Å². The van der Waals surface area contributed by atoms with Gasteiger partial charge in [0.15, 0.2) is 11.3 Å². The second-order valence-corrected chi connectivity index (χ2v) is 37.5. The number of furan rings is 1. The number of rotatable bonds is 3. The molecule has 6 aromatic heterocycles. The molecule has 2 aliphatic carbocycles. The minimum atomic E-state index is -0.436. The fraction of sp³-hybridized carbons (Fsp3) is 0.00752. The van der Waals surface area contributed by atoms with Crippen LogP contribution >= 0.6 is 0 Å². The van der Waals surface area contributed by atoms with Crippen LogP contribution in [0, 0.1) is 0 Å². The summed E-state index contributed by atoms with van der Waals surface area (Å²) in [6.45, 7) is 0. The molecule has 0 aliphatic heterocycles. The number of para-hydroxylation sites is 2. The van der Waals surface area contributed by atoms with Gasteiger partial charge >= 0.3 is 0 Å². The summed E-state index contributed by atoms with van der Waals surface area (Å²) < 4.78 is 6.25. The van der Waals surface area contributed by atoms with Crippen LogP contribution in [0.25, 0.3) is 283 Å². The second kappa shape index (κ2) is 30.2. The van der Waals surface area contributed by atoms with Gasteiger partial charge in [-0.2, -0.15) is 0 Å². The lowest BCUT2D eigenvalue weighted by atomic mass is 9.70. The second-order valence-electron chi connectivity index (χ2n) is 37.5. The SMILES string of the molecule is c1ccc(-c2nc3cc4cc(c5ccccc5c5ccc6c7ccccc7c7cccc4c7c6c5)c3nc2-c2ccccc2)cc1.c1ccc2c(c1)-c1ccccc1C21c2ccc3cc2c2c1cccc2c1nc2ccccc2c(n1)c1cccc(c1)c1cccc3c1.c1ccc2c(c1)oc1cccc(-c3ccc4c(c3)nc3nc4c4ccccc4c4ccc5c6ccccc6c6cccc3c6c5c4)c12. The Bertz CT molecular complexity index is 10800. The highest BCUT2D eigenvalue weighted by Crippen LogP contribution is 2.62. The van der Waals surface area contributed by atoms with Crippen LogP contribution in [0.5, 0.6) is 0 Å². The van der Waals surface area contributed by atoms with Gasteiger partial charge in [-0.15, -0.1) is 0 Å². The van der Waals surface area contributed by atoms with Crippen molar-refractivity contribution in [3.05, 3.63) is 483 Å². The van der Waals surface area contributed by atoms with E-state index in [4.69, 9.17) is 34.3 Å². The van der Waals surface area contributed by atoms with Crippen molar-refractivity contribution in [2.45, 2.75) is 5.41 Å². The van der Waals surface area contributed by atoms with Crippen molar-refractivity contribution in [3.63, 3.8) is 0 Å². The molecule has 30 aromatic rings. The largest absolute Gasteiger partial charge is 0.456 e. The molecule has 0 radical (unpaired) electrons. The van der Waals surface area contributed by atoms with Crippen molar-refractivity contribution < 1.29 is 4.42 Å². The normalized spacial score (nSPS) is 12.6. The summed E-state index contributed by atoms with van der Waals surface area (Å²) >= 11 is 0. The van der Waals surface area contributed by atoms with E-state index in [1.165, 1.54) is 157 Å². The molecule has 0 unspecified atom stereocenters. The highest BCUT2D eigenvalue weighted by atomic mass is 16.3. The third-order valence-corrected chi connectivity index (χ3v) is 30.2. The van der Waals surface area contributed by atoms with E-state index in [1.54, 1.807) is 0 Å². The maximum Gasteiger partial charge on any atom is 0.161 e. The van der Waals surface area contributed by atoms with Gasteiger partial charge in [0.05, 0.1) is 49.9 Å². The van der Waals surface area contributed by atoms with Gasteiger partial charge in [-0.3, -0.25) is 0 Å². The summed E-state index contributed by atoms with van der Waals surface area (Å²) in [5, 5.41) is 40.3. The number of nitrogens with zero attached hydrogens (tertiary/aromatic N) is 6. The summed E-state index contributed by atoms with van der Waals surface area (Å²) in [5.41, 5.74) is 22.4. The Hall–Kier alpha value is -18.6. The smallest absolute Gasteiger partial charge is 0.161 e. The predicted molar refractivity (Wildman–Crippen MR) is 588 cm³/mol. The molecule has 0 amide bonds.